The second-order valence-electron chi connectivity index (χ2n) is 14.4. The second-order valence-corrected chi connectivity index (χ2v) is 16.5. The molecule has 0 radical (unpaired) electrons. The smallest absolute Gasteiger partial charge is 0.662 e. The van der Waals surface area contributed by atoms with Crippen molar-refractivity contribution in [3.05, 3.63) is 133 Å². The average Bonchev–Trinajstić information content (AvgIpc) is 3.64. The minimum Gasteiger partial charge on any atom is -0.662 e. The molecule has 0 aliphatic heterocycles. The molecule has 57 heavy (non-hydrogen) atoms. The molecule has 0 saturated heterocycles. The number of alkyl halides is 1. The van der Waals surface area contributed by atoms with Crippen LogP contribution in [0, 0.1) is 13.8 Å². The Morgan fingerprint density at radius 3 is 1.65 bits per heavy atom. The van der Waals surface area contributed by atoms with Gasteiger partial charge in [-0.1, -0.05) is 124 Å². The van der Waals surface area contributed by atoms with Crippen LogP contribution >= 0.6 is 43.5 Å². The van der Waals surface area contributed by atoms with E-state index in [1.54, 1.807) is 0 Å². The van der Waals surface area contributed by atoms with E-state index in [1.807, 2.05) is 12.3 Å². The quantitative estimate of drug-likeness (QED) is 0.0285. The number of hydrogen-bond donors (Lipinski definition) is 1. The number of carbonyl (C=O) groups excluding carboxylic acids is 2. The summed E-state index contributed by atoms with van der Waals surface area (Å²) in [6.07, 6.45) is 4.62. The molecule has 2 N–H and O–H groups in total. The maximum atomic E-state index is 9.04. The van der Waals surface area contributed by atoms with Crippen LogP contribution < -0.4 is 40.5 Å². The first kappa shape index (κ1) is 51.9. The van der Waals surface area contributed by atoms with Crippen molar-refractivity contribution in [3.8, 4) is 17.1 Å². The van der Waals surface area contributed by atoms with Gasteiger partial charge in [-0.3, -0.25) is 9.36 Å². The van der Waals surface area contributed by atoms with E-state index in [4.69, 9.17) is 37.2 Å². The summed E-state index contributed by atoms with van der Waals surface area (Å²) < 4.78 is 4.36. The number of nitrogens with zero attached hydrogens (tertiary/aromatic N) is 3. The van der Waals surface area contributed by atoms with E-state index in [-0.39, 0.29) is 41.9 Å². The Balaban J connectivity index is 0.000000474. The molecule has 0 spiro atoms. The summed E-state index contributed by atoms with van der Waals surface area (Å²) in [6.45, 7) is 21.8. The van der Waals surface area contributed by atoms with Crippen molar-refractivity contribution in [2.75, 3.05) is 5.88 Å². The number of imidazole rings is 1. The average molecular weight is 933 g/mol. The van der Waals surface area contributed by atoms with E-state index in [2.05, 4.69) is 188 Å². The van der Waals surface area contributed by atoms with Crippen molar-refractivity contribution in [1.29, 1.82) is 0 Å². The van der Waals surface area contributed by atoms with E-state index < -0.39 is 0 Å². The molecule has 0 atom stereocenters. The Kier molecular flexibility index (Phi) is 23.8. The van der Waals surface area contributed by atoms with Crippen molar-refractivity contribution in [3.63, 3.8) is 0 Å². The van der Waals surface area contributed by atoms with Crippen LogP contribution in [0.15, 0.2) is 99.1 Å². The normalized spacial score (nSPS) is 10.8. The number of benzene rings is 4. The fourth-order valence-electron chi connectivity index (χ4n) is 6.06. The second kappa shape index (κ2) is 26.1. The largest absolute Gasteiger partial charge is 1.00 e. The van der Waals surface area contributed by atoms with Crippen LogP contribution in [0.1, 0.15) is 118 Å². The topological polar surface area (TPSA) is 123 Å². The van der Waals surface area contributed by atoms with E-state index in [0.29, 0.717) is 35.8 Å². The Morgan fingerprint density at radius 1 is 0.807 bits per heavy atom. The third-order valence-corrected chi connectivity index (χ3v) is 9.58. The summed E-state index contributed by atoms with van der Waals surface area (Å²) in [4.78, 5) is 29.8. The minimum atomic E-state index is -0.181. The van der Waals surface area contributed by atoms with Gasteiger partial charge in [0.15, 0.2) is 0 Å². The molecule has 0 aliphatic carbocycles. The third-order valence-electron chi connectivity index (χ3n) is 8.54. The molecule has 1 aromatic heterocycles. The summed E-state index contributed by atoms with van der Waals surface area (Å²) in [5.74, 6) is 3.37. The number of nitrogens with two attached hydrogens (primary N) is 1. The molecular formula is C45H54Br2ClN4NaO4. The fourth-order valence-corrected chi connectivity index (χ4v) is 7.28. The maximum Gasteiger partial charge on any atom is 1.00 e. The molecule has 300 valence electrons. The van der Waals surface area contributed by atoms with E-state index >= 15 is 0 Å². The van der Waals surface area contributed by atoms with E-state index in [9.17, 15) is 0 Å². The molecule has 0 aliphatic rings. The predicted molar refractivity (Wildman–Crippen MR) is 237 cm³/mol. The van der Waals surface area contributed by atoms with Gasteiger partial charge in [-0.05, 0) is 107 Å². The maximum absolute atomic E-state index is 9.04. The van der Waals surface area contributed by atoms with Crippen molar-refractivity contribution >= 4 is 67.7 Å². The predicted octanol–water partition coefficient (Wildman–Crippen LogP) is 8.76. The van der Waals surface area contributed by atoms with Crippen LogP contribution in [0.25, 0.3) is 17.1 Å². The molecule has 8 nitrogen and oxygen atoms in total. The van der Waals surface area contributed by atoms with Gasteiger partial charge in [0.2, 0.25) is 0 Å². The number of para-hydroxylation sites is 2. The first-order valence-electron chi connectivity index (χ1n) is 18.4. The van der Waals surface area contributed by atoms with Crippen LogP contribution in [0.4, 0.5) is 5.69 Å². The first-order valence-corrected chi connectivity index (χ1v) is 20.5. The molecule has 5 rings (SSSR count). The molecule has 4 aromatic carbocycles. The molecule has 0 bridgehead atoms. The zero-order chi connectivity index (χ0) is 42.1. The zero-order valence-electron chi connectivity index (χ0n) is 34.9. The Hall–Kier alpha value is -3.09. The van der Waals surface area contributed by atoms with Gasteiger partial charge in [-0.2, -0.15) is 0 Å². The first-order chi connectivity index (χ1) is 26.5. The van der Waals surface area contributed by atoms with E-state index in [1.165, 1.54) is 33.5 Å². The van der Waals surface area contributed by atoms with Gasteiger partial charge in [0.05, 0.1) is 17.3 Å². The number of halogens is 3. The summed E-state index contributed by atoms with van der Waals surface area (Å²) in [7, 11) is 0. The van der Waals surface area contributed by atoms with Crippen molar-refractivity contribution in [1.82, 2.24) is 9.55 Å². The van der Waals surface area contributed by atoms with Crippen LogP contribution in [0.2, 0.25) is 0 Å². The SMILES string of the molecule is Cc1cc(Br)cc(-c2nccn2-c2c(C(C)C)cccc2C(C)C)c1.Cc1cc(Br)cc(C(N)=Nc2c(C(C)C)cccc2C(C)C)c1.O=CCCl.O=CO[O-].[Na+]. The van der Waals surface area contributed by atoms with E-state index in [0.717, 1.165) is 37.1 Å². The van der Waals surface area contributed by atoms with Gasteiger partial charge in [0.25, 0.3) is 6.47 Å². The number of aryl methyl sites for hydroxylation is 2. The number of carbonyl (C=O) groups is 2. The van der Waals surface area contributed by atoms with Crippen LogP contribution in [0.5, 0.6) is 0 Å². The number of rotatable bonds is 10. The molecule has 5 aromatic rings. The van der Waals surface area contributed by atoms with Crippen molar-refractivity contribution in [2.24, 2.45) is 10.7 Å². The van der Waals surface area contributed by atoms with Crippen LogP contribution in [-0.4, -0.2) is 34.0 Å². The Morgan fingerprint density at radius 2 is 1.25 bits per heavy atom. The number of aldehydes is 1. The molecule has 12 heteroatoms. The monoisotopic (exact) mass is 930 g/mol. The molecule has 0 fully saturated rings. The number of hydrogen-bond acceptors (Lipinski definition) is 6. The van der Waals surface area contributed by atoms with Crippen molar-refractivity contribution in [2.45, 2.75) is 92.9 Å². The summed E-state index contributed by atoms with van der Waals surface area (Å²) in [5.41, 5.74) is 18.3. The summed E-state index contributed by atoms with van der Waals surface area (Å²) in [6, 6.07) is 25.7. The minimum absolute atomic E-state index is 0. The summed E-state index contributed by atoms with van der Waals surface area (Å²) in [5, 5.41) is 8.43. The van der Waals surface area contributed by atoms with Crippen molar-refractivity contribution < 1.29 is 49.3 Å². The van der Waals surface area contributed by atoms with Gasteiger partial charge < -0.3 is 20.7 Å². The molecular weight excluding hydrogens is 879 g/mol. The number of aliphatic imine (C=N–C) groups is 1. The van der Waals surface area contributed by atoms with Gasteiger partial charge in [-0.25, -0.2) is 9.98 Å². The Labute approximate surface area is 383 Å². The number of aromatic nitrogens is 2. The molecule has 0 saturated carbocycles. The van der Waals surface area contributed by atoms with Crippen LogP contribution in [0.3, 0.4) is 0 Å². The van der Waals surface area contributed by atoms with Crippen LogP contribution in [-0.2, 0) is 14.5 Å². The Bertz CT molecular complexity index is 1960. The third kappa shape index (κ3) is 15.9. The van der Waals surface area contributed by atoms with Gasteiger partial charge in [-0.15, -0.1) is 11.6 Å². The molecule has 1 heterocycles. The zero-order valence-corrected chi connectivity index (χ0v) is 40.9. The molecule has 0 unspecified atom stereocenters. The van der Waals surface area contributed by atoms with Gasteiger partial charge >= 0.3 is 29.6 Å². The van der Waals surface area contributed by atoms with Gasteiger partial charge in [0.1, 0.15) is 17.9 Å². The number of amidine groups is 1. The fraction of sp³-hybridized carbons (Fsp3) is 0.333. The molecule has 0 amide bonds. The summed E-state index contributed by atoms with van der Waals surface area (Å²) >= 11 is 12.0. The van der Waals surface area contributed by atoms with Gasteiger partial charge in [0, 0.05) is 32.5 Å². The standard InChI is InChI=1S/C22H25BrN2.C20H25BrN2.C2H3ClO.CH2O3.Na/c1-14(2)19-7-6-8-20(15(3)4)21(19)25-10-9-24-22(25)17-11-16(5)12-18(23)13-17;1-12(2)17-7-6-8-18(13(3)4)19(17)23-20(22)15-9-14(5)10-16(21)11-15;3-1-2-4;2-1-4-3;/h6-15H,1-5H3;6-13H,1-5H3,(H2,22,23);2H,1H2;1,3H;/q;;;;+1/p-1.